The maximum atomic E-state index is 14.6. The average Bonchev–Trinajstić information content (AvgIpc) is 2.78. The zero-order chi connectivity index (χ0) is 22.7. The number of carbonyl (C=O) groups is 1. The fraction of sp³-hybridized carbons (Fsp3) is 0.240. The van der Waals surface area contributed by atoms with E-state index in [1.165, 1.54) is 35.9 Å². The quantitative estimate of drug-likeness (QED) is 0.598. The third kappa shape index (κ3) is 4.53. The molecular weight excluding hydrogens is 427 g/mol. The van der Waals surface area contributed by atoms with E-state index in [1.54, 1.807) is 18.2 Å². The fourth-order valence-corrected chi connectivity index (χ4v) is 5.49. The van der Waals surface area contributed by atoms with Gasteiger partial charge in [0.05, 0.1) is 16.6 Å². The number of hydrogen-bond donors (Lipinski definition) is 1. The Balaban J connectivity index is 1.64. The van der Waals surface area contributed by atoms with Gasteiger partial charge in [-0.05, 0) is 61.6 Å². The summed E-state index contributed by atoms with van der Waals surface area (Å²) >= 11 is 0. The van der Waals surface area contributed by atoms with Gasteiger partial charge in [-0.15, -0.1) is 0 Å². The Morgan fingerprint density at radius 3 is 2.47 bits per heavy atom. The van der Waals surface area contributed by atoms with Gasteiger partial charge in [-0.2, -0.15) is 0 Å². The van der Waals surface area contributed by atoms with Gasteiger partial charge in [0.1, 0.15) is 12.4 Å². The Morgan fingerprint density at radius 2 is 1.72 bits per heavy atom. The van der Waals surface area contributed by atoms with Crippen LogP contribution < -0.4 is 9.62 Å². The van der Waals surface area contributed by atoms with Crippen LogP contribution in [0.1, 0.15) is 35.6 Å². The maximum absolute atomic E-state index is 14.6. The van der Waals surface area contributed by atoms with E-state index in [0.717, 1.165) is 34.7 Å². The molecule has 1 atom stereocenters. The van der Waals surface area contributed by atoms with Crippen LogP contribution in [-0.2, 0) is 21.2 Å². The molecular formula is C25H25FN2O3S. The van der Waals surface area contributed by atoms with Gasteiger partial charge in [0, 0.05) is 0 Å². The molecule has 1 aliphatic carbocycles. The number of carbonyl (C=O) groups excluding carboxylic acids is 1. The van der Waals surface area contributed by atoms with Crippen LogP contribution in [0.5, 0.6) is 0 Å². The minimum Gasteiger partial charge on any atom is -0.348 e. The first-order chi connectivity index (χ1) is 15.4. The Labute approximate surface area is 187 Å². The molecule has 7 heteroatoms. The molecule has 0 aliphatic heterocycles. The summed E-state index contributed by atoms with van der Waals surface area (Å²) in [6.45, 7) is 1.33. The van der Waals surface area contributed by atoms with Gasteiger partial charge in [0.15, 0.2) is 0 Å². The zero-order valence-electron chi connectivity index (χ0n) is 17.8. The third-order valence-corrected chi connectivity index (χ3v) is 7.50. The van der Waals surface area contributed by atoms with Crippen molar-refractivity contribution in [1.82, 2.24) is 5.32 Å². The summed E-state index contributed by atoms with van der Waals surface area (Å²) in [7, 11) is -4.16. The first kappa shape index (κ1) is 22.0. The first-order valence-corrected chi connectivity index (χ1v) is 12.0. The third-order valence-electron chi connectivity index (χ3n) is 5.72. The summed E-state index contributed by atoms with van der Waals surface area (Å²) in [6.07, 6.45) is 2.65. The van der Waals surface area contributed by atoms with E-state index < -0.39 is 28.3 Å². The highest BCUT2D eigenvalue weighted by Crippen LogP contribution is 2.30. The molecule has 0 fully saturated rings. The number of fused-ring (bicyclic) bond motifs is 1. The molecule has 3 aromatic carbocycles. The van der Waals surface area contributed by atoms with Gasteiger partial charge < -0.3 is 5.32 Å². The number of sulfonamides is 1. The van der Waals surface area contributed by atoms with E-state index >= 15 is 0 Å². The van der Waals surface area contributed by atoms with E-state index in [2.05, 4.69) is 5.32 Å². The lowest BCUT2D eigenvalue weighted by atomic mass is 9.88. The summed E-state index contributed by atoms with van der Waals surface area (Å²) in [5.74, 6) is -1.19. The van der Waals surface area contributed by atoms with Crippen molar-refractivity contribution in [1.29, 1.82) is 0 Å². The number of nitrogens with zero attached hydrogens (tertiary/aromatic N) is 1. The lowest BCUT2D eigenvalue weighted by Crippen LogP contribution is -2.42. The smallest absolute Gasteiger partial charge is 0.264 e. The second kappa shape index (κ2) is 9.12. The molecule has 3 aromatic rings. The van der Waals surface area contributed by atoms with Crippen molar-refractivity contribution in [2.75, 3.05) is 10.8 Å². The number of para-hydroxylation sites is 1. The topological polar surface area (TPSA) is 66.5 Å². The minimum atomic E-state index is -4.16. The van der Waals surface area contributed by atoms with Gasteiger partial charge in [-0.3, -0.25) is 9.10 Å². The van der Waals surface area contributed by atoms with Crippen molar-refractivity contribution < 1.29 is 17.6 Å². The van der Waals surface area contributed by atoms with Crippen LogP contribution in [0, 0.1) is 12.7 Å². The van der Waals surface area contributed by atoms with Gasteiger partial charge in [0.2, 0.25) is 5.91 Å². The van der Waals surface area contributed by atoms with E-state index in [4.69, 9.17) is 0 Å². The van der Waals surface area contributed by atoms with E-state index in [9.17, 15) is 17.6 Å². The lowest BCUT2D eigenvalue weighted by Gasteiger charge is -2.29. The molecule has 32 heavy (non-hydrogen) atoms. The lowest BCUT2D eigenvalue weighted by molar-refractivity contribution is -0.120. The standard InChI is InChI=1S/C25H25FN2O3S/c1-18-13-15-20(16-14-18)32(30,31)28(24-12-5-4-10-22(24)26)17-25(29)27-23-11-6-8-19-7-2-3-9-21(19)23/h2-5,7,9-10,12-16,23H,6,8,11,17H2,1H3,(H,27,29). The van der Waals surface area contributed by atoms with Crippen LogP contribution in [0.15, 0.2) is 77.7 Å². The molecule has 0 bridgehead atoms. The second-order valence-corrected chi connectivity index (χ2v) is 9.85. The Hall–Kier alpha value is -3.19. The summed E-state index contributed by atoms with van der Waals surface area (Å²) in [4.78, 5) is 13.0. The number of rotatable bonds is 6. The maximum Gasteiger partial charge on any atom is 0.264 e. The molecule has 0 radical (unpaired) electrons. The molecule has 1 amide bonds. The SMILES string of the molecule is Cc1ccc(S(=O)(=O)N(CC(=O)NC2CCCc3ccccc32)c2ccccc2F)cc1. The van der Waals surface area contributed by atoms with Crippen LogP contribution in [0.25, 0.3) is 0 Å². The van der Waals surface area contributed by atoms with Crippen molar-refractivity contribution >= 4 is 21.6 Å². The molecule has 0 aromatic heterocycles. The highest BCUT2D eigenvalue weighted by molar-refractivity contribution is 7.92. The first-order valence-electron chi connectivity index (χ1n) is 10.6. The van der Waals surface area contributed by atoms with Crippen LogP contribution in [0.2, 0.25) is 0 Å². The number of aryl methyl sites for hydroxylation is 2. The monoisotopic (exact) mass is 452 g/mol. The summed E-state index contributed by atoms with van der Waals surface area (Å²) in [5.41, 5.74) is 2.97. The van der Waals surface area contributed by atoms with E-state index in [-0.39, 0.29) is 16.6 Å². The molecule has 4 rings (SSSR count). The van der Waals surface area contributed by atoms with Crippen molar-refractivity contribution in [2.45, 2.75) is 37.1 Å². The molecule has 1 aliphatic rings. The molecule has 0 heterocycles. The highest BCUT2D eigenvalue weighted by atomic mass is 32.2. The van der Waals surface area contributed by atoms with Crippen LogP contribution in [0.3, 0.4) is 0 Å². The molecule has 1 N–H and O–H groups in total. The van der Waals surface area contributed by atoms with Crippen molar-refractivity contribution in [3.05, 3.63) is 95.3 Å². The van der Waals surface area contributed by atoms with Gasteiger partial charge in [-0.25, -0.2) is 12.8 Å². The predicted octanol–water partition coefficient (Wildman–Crippen LogP) is 4.52. The molecule has 5 nitrogen and oxygen atoms in total. The van der Waals surface area contributed by atoms with Crippen molar-refractivity contribution in [3.63, 3.8) is 0 Å². The predicted molar refractivity (Wildman–Crippen MR) is 122 cm³/mol. The number of amides is 1. The van der Waals surface area contributed by atoms with Crippen LogP contribution in [0.4, 0.5) is 10.1 Å². The normalized spacial score (nSPS) is 15.6. The average molecular weight is 453 g/mol. The van der Waals surface area contributed by atoms with E-state index in [0.29, 0.717) is 0 Å². The summed E-state index contributed by atoms with van der Waals surface area (Å²) in [6, 6.07) is 19.6. The van der Waals surface area contributed by atoms with E-state index in [1.807, 2.05) is 31.2 Å². The second-order valence-electron chi connectivity index (χ2n) is 7.99. The molecule has 166 valence electrons. The number of halogens is 1. The number of anilines is 1. The van der Waals surface area contributed by atoms with Gasteiger partial charge in [0.25, 0.3) is 10.0 Å². The van der Waals surface area contributed by atoms with Crippen molar-refractivity contribution in [2.24, 2.45) is 0 Å². The van der Waals surface area contributed by atoms with Crippen molar-refractivity contribution in [3.8, 4) is 0 Å². The molecule has 0 saturated heterocycles. The number of nitrogens with one attached hydrogen (secondary N) is 1. The fourth-order valence-electron chi connectivity index (χ4n) is 4.07. The van der Waals surface area contributed by atoms with Crippen LogP contribution in [-0.4, -0.2) is 20.9 Å². The van der Waals surface area contributed by atoms with Crippen LogP contribution >= 0.6 is 0 Å². The summed E-state index contributed by atoms with van der Waals surface area (Å²) < 4.78 is 42.3. The number of benzene rings is 3. The Morgan fingerprint density at radius 1 is 1.03 bits per heavy atom. The molecule has 1 unspecified atom stereocenters. The molecule has 0 saturated carbocycles. The number of hydrogen-bond acceptors (Lipinski definition) is 3. The Kier molecular flexibility index (Phi) is 6.28. The largest absolute Gasteiger partial charge is 0.348 e. The summed E-state index contributed by atoms with van der Waals surface area (Å²) in [5, 5.41) is 2.96. The van der Waals surface area contributed by atoms with Gasteiger partial charge in [-0.1, -0.05) is 54.1 Å². The zero-order valence-corrected chi connectivity index (χ0v) is 18.6. The highest BCUT2D eigenvalue weighted by Gasteiger charge is 2.30. The van der Waals surface area contributed by atoms with Gasteiger partial charge >= 0.3 is 0 Å². The molecule has 0 spiro atoms. The minimum absolute atomic E-state index is 0.00200. The Bertz CT molecular complexity index is 1230.